The minimum atomic E-state index is 0.852. The summed E-state index contributed by atoms with van der Waals surface area (Å²) in [4.78, 5) is 2.28. The van der Waals surface area contributed by atoms with Gasteiger partial charge in [0.15, 0.2) is 11.5 Å². The number of para-hydroxylation sites is 3. The third-order valence-corrected chi connectivity index (χ3v) is 7.06. The molecule has 0 bridgehead atoms. The monoisotopic (exact) mass is 487 g/mol. The fraction of sp³-hybridized carbons (Fsp3) is 0. The minimum Gasteiger partial charge on any atom is -0.453 e. The van der Waals surface area contributed by atoms with Crippen molar-refractivity contribution < 1.29 is 4.74 Å². The molecule has 38 heavy (non-hydrogen) atoms. The Kier molecular flexibility index (Phi) is 5.49. The maximum Gasteiger partial charge on any atom is 0.151 e. The van der Waals surface area contributed by atoms with Crippen molar-refractivity contribution in [3.8, 4) is 44.9 Å². The molecule has 2 nitrogen and oxygen atoms in total. The molecule has 1 heterocycles. The molecule has 1 aliphatic heterocycles. The second kappa shape index (κ2) is 9.42. The summed E-state index contributed by atoms with van der Waals surface area (Å²) in [7, 11) is 0. The molecule has 0 spiro atoms. The molecule has 0 aromatic heterocycles. The van der Waals surface area contributed by atoms with Crippen molar-refractivity contribution in [1.82, 2.24) is 0 Å². The van der Waals surface area contributed by atoms with Gasteiger partial charge in [0.25, 0.3) is 0 Å². The van der Waals surface area contributed by atoms with Crippen LogP contribution in [-0.2, 0) is 0 Å². The van der Waals surface area contributed by atoms with E-state index in [-0.39, 0.29) is 0 Å². The lowest BCUT2D eigenvalue weighted by Gasteiger charge is -2.33. The second-order valence-corrected chi connectivity index (χ2v) is 9.45. The molecule has 1 aliphatic rings. The van der Waals surface area contributed by atoms with E-state index in [0.29, 0.717) is 0 Å². The Labute approximate surface area is 223 Å². The summed E-state index contributed by atoms with van der Waals surface area (Å²) in [5, 5.41) is 0. The van der Waals surface area contributed by atoms with Gasteiger partial charge in [-0.2, -0.15) is 0 Å². The number of anilines is 3. The molecule has 6 aromatic carbocycles. The van der Waals surface area contributed by atoms with E-state index < -0.39 is 0 Å². The van der Waals surface area contributed by atoms with Gasteiger partial charge in [-0.25, -0.2) is 0 Å². The SMILES string of the molecule is c1ccc(-c2cccc(-c3ccc(-c4ccc5c(c4)N(c4ccccc4)c4ccccc4O5)cc3)c2)cc1. The molecule has 2 heteroatoms. The topological polar surface area (TPSA) is 12.5 Å². The number of rotatable bonds is 4. The van der Waals surface area contributed by atoms with E-state index in [0.717, 1.165) is 34.1 Å². The van der Waals surface area contributed by atoms with Gasteiger partial charge in [-0.05, 0) is 75.8 Å². The molecule has 7 rings (SSSR count). The minimum absolute atomic E-state index is 0.852. The van der Waals surface area contributed by atoms with Gasteiger partial charge in [-0.3, -0.25) is 0 Å². The van der Waals surface area contributed by atoms with E-state index in [1.165, 1.54) is 27.8 Å². The highest BCUT2D eigenvalue weighted by Gasteiger charge is 2.25. The highest BCUT2D eigenvalue weighted by molar-refractivity contribution is 5.88. The maximum atomic E-state index is 6.30. The number of hydrogen-bond donors (Lipinski definition) is 0. The Bertz CT molecular complexity index is 1720. The zero-order valence-corrected chi connectivity index (χ0v) is 20.8. The zero-order chi connectivity index (χ0) is 25.3. The molecule has 0 saturated heterocycles. The van der Waals surface area contributed by atoms with E-state index in [9.17, 15) is 0 Å². The number of nitrogens with zero attached hydrogens (tertiary/aromatic N) is 1. The normalized spacial score (nSPS) is 11.8. The van der Waals surface area contributed by atoms with Crippen molar-refractivity contribution in [3.63, 3.8) is 0 Å². The summed E-state index contributed by atoms with van der Waals surface area (Å²) in [5.74, 6) is 1.71. The smallest absolute Gasteiger partial charge is 0.151 e. The maximum absolute atomic E-state index is 6.30. The fourth-order valence-corrected chi connectivity index (χ4v) is 5.15. The molecular formula is C36H25NO. The van der Waals surface area contributed by atoms with Crippen LogP contribution in [0.15, 0.2) is 152 Å². The van der Waals surface area contributed by atoms with Gasteiger partial charge >= 0.3 is 0 Å². The van der Waals surface area contributed by atoms with Crippen LogP contribution in [0.3, 0.4) is 0 Å². The van der Waals surface area contributed by atoms with Crippen LogP contribution in [-0.4, -0.2) is 0 Å². The Morgan fingerprint density at radius 1 is 0.342 bits per heavy atom. The molecule has 180 valence electrons. The second-order valence-electron chi connectivity index (χ2n) is 9.45. The van der Waals surface area contributed by atoms with Gasteiger partial charge in [0.1, 0.15) is 0 Å². The zero-order valence-electron chi connectivity index (χ0n) is 20.8. The van der Waals surface area contributed by atoms with Gasteiger partial charge in [0.05, 0.1) is 11.4 Å². The Balaban J connectivity index is 1.25. The van der Waals surface area contributed by atoms with E-state index in [4.69, 9.17) is 4.74 Å². The summed E-state index contributed by atoms with van der Waals surface area (Å²) in [6.45, 7) is 0. The highest BCUT2D eigenvalue weighted by Crippen LogP contribution is 2.51. The Morgan fingerprint density at radius 3 is 1.55 bits per heavy atom. The largest absolute Gasteiger partial charge is 0.453 e. The van der Waals surface area contributed by atoms with Crippen LogP contribution < -0.4 is 9.64 Å². The van der Waals surface area contributed by atoms with Crippen molar-refractivity contribution >= 4 is 17.1 Å². The molecule has 0 N–H and O–H groups in total. The summed E-state index contributed by atoms with van der Waals surface area (Å²) in [6.07, 6.45) is 0. The van der Waals surface area contributed by atoms with E-state index >= 15 is 0 Å². The molecule has 0 atom stereocenters. The van der Waals surface area contributed by atoms with Crippen molar-refractivity contribution in [1.29, 1.82) is 0 Å². The van der Waals surface area contributed by atoms with Crippen LogP contribution >= 0.6 is 0 Å². The van der Waals surface area contributed by atoms with Gasteiger partial charge in [0.2, 0.25) is 0 Å². The predicted octanol–water partition coefficient (Wildman–Crippen LogP) is 10.3. The third-order valence-electron chi connectivity index (χ3n) is 7.06. The highest BCUT2D eigenvalue weighted by atomic mass is 16.5. The average molecular weight is 488 g/mol. The first-order valence-electron chi connectivity index (χ1n) is 12.9. The Hall–Kier alpha value is -5.08. The number of ether oxygens (including phenoxy) is 1. The van der Waals surface area contributed by atoms with Gasteiger partial charge in [-0.15, -0.1) is 0 Å². The van der Waals surface area contributed by atoms with Crippen LogP contribution in [0.2, 0.25) is 0 Å². The van der Waals surface area contributed by atoms with Crippen LogP contribution in [0, 0.1) is 0 Å². The summed E-state index contributed by atoms with van der Waals surface area (Å²) >= 11 is 0. The lowest BCUT2D eigenvalue weighted by molar-refractivity contribution is 0.477. The average Bonchev–Trinajstić information content (AvgIpc) is 3.00. The van der Waals surface area contributed by atoms with E-state index in [2.05, 4.69) is 138 Å². The number of hydrogen-bond acceptors (Lipinski definition) is 2. The summed E-state index contributed by atoms with van der Waals surface area (Å²) < 4.78 is 6.30. The summed E-state index contributed by atoms with van der Waals surface area (Å²) in [5.41, 5.74) is 10.4. The van der Waals surface area contributed by atoms with Crippen LogP contribution in [0.25, 0.3) is 33.4 Å². The van der Waals surface area contributed by atoms with Crippen LogP contribution in [0.1, 0.15) is 0 Å². The first-order valence-corrected chi connectivity index (χ1v) is 12.9. The molecule has 0 saturated carbocycles. The van der Waals surface area contributed by atoms with Gasteiger partial charge in [-0.1, -0.05) is 109 Å². The molecule has 0 unspecified atom stereocenters. The van der Waals surface area contributed by atoms with Gasteiger partial charge in [0, 0.05) is 5.69 Å². The van der Waals surface area contributed by atoms with Crippen LogP contribution in [0.5, 0.6) is 11.5 Å². The van der Waals surface area contributed by atoms with Crippen molar-refractivity contribution in [2.75, 3.05) is 4.90 Å². The molecular weight excluding hydrogens is 462 g/mol. The molecule has 0 radical (unpaired) electrons. The Morgan fingerprint density at radius 2 is 0.842 bits per heavy atom. The van der Waals surface area contributed by atoms with E-state index in [1.54, 1.807) is 0 Å². The fourth-order valence-electron chi connectivity index (χ4n) is 5.15. The number of benzene rings is 6. The predicted molar refractivity (Wildman–Crippen MR) is 158 cm³/mol. The van der Waals surface area contributed by atoms with Crippen molar-refractivity contribution in [2.24, 2.45) is 0 Å². The third kappa shape index (κ3) is 4.03. The van der Waals surface area contributed by atoms with Crippen LogP contribution in [0.4, 0.5) is 17.1 Å². The molecule has 0 fully saturated rings. The standard InChI is InChI=1S/C36H25NO/c1-3-10-26(11-4-1)29-12-9-13-30(24-29)27-18-20-28(21-19-27)31-22-23-36-34(25-31)37(32-14-5-2-6-15-32)33-16-7-8-17-35(33)38-36/h1-25H. The van der Waals surface area contributed by atoms with E-state index in [1.807, 2.05) is 18.2 Å². The van der Waals surface area contributed by atoms with Gasteiger partial charge < -0.3 is 9.64 Å². The summed E-state index contributed by atoms with van der Waals surface area (Å²) in [6, 6.07) is 53.2. The lowest BCUT2D eigenvalue weighted by Crippen LogP contribution is -2.15. The first-order chi connectivity index (χ1) is 18.8. The molecule has 0 amide bonds. The quantitative estimate of drug-likeness (QED) is 0.245. The first kappa shape index (κ1) is 22.1. The van der Waals surface area contributed by atoms with Crippen molar-refractivity contribution in [2.45, 2.75) is 0 Å². The number of fused-ring (bicyclic) bond motifs is 2. The molecule has 6 aromatic rings. The van der Waals surface area contributed by atoms with Crippen molar-refractivity contribution in [3.05, 3.63) is 152 Å². The lowest BCUT2D eigenvalue weighted by atomic mass is 9.97. The molecule has 0 aliphatic carbocycles.